The van der Waals surface area contributed by atoms with E-state index in [4.69, 9.17) is 4.74 Å². The summed E-state index contributed by atoms with van der Waals surface area (Å²) in [5.74, 6) is 1.00. The zero-order valence-electron chi connectivity index (χ0n) is 23.5. The van der Waals surface area contributed by atoms with E-state index >= 15 is 0 Å². The summed E-state index contributed by atoms with van der Waals surface area (Å²) in [5, 5.41) is 0. The Morgan fingerprint density at radius 2 is 1.46 bits per heavy atom. The Morgan fingerprint density at radius 1 is 0.821 bits per heavy atom. The van der Waals surface area contributed by atoms with Gasteiger partial charge in [-0.25, -0.2) is 0 Å². The molecule has 0 saturated carbocycles. The van der Waals surface area contributed by atoms with Gasteiger partial charge in [0.15, 0.2) is 0 Å². The van der Waals surface area contributed by atoms with Crippen molar-refractivity contribution in [1.29, 1.82) is 0 Å². The molecule has 3 aliphatic rings. The number of hydrogen-bond donors (Lipinski definition) is 0. The van der Waals surface area contributed by atoms with Crippen LogP contribution in [0.1, 0.15) is 72.6 Å². The quantitative estimate of drug-likeness (QED) is 0.337. The van der Waals surface area contributed by atoms with Gasteiger partial charge >= 0.3 is 0 Å². The minimum Gasteiger partial charge on any atom is -0.497 e. The lowest BCUT2D eigenvalue weighted by atomic mass is 9.91. The second kappa shape index (κ2) is 11.1. The lowest BCUT2D eigenvalue weighted by Crippen LogP contribution is -2.60. The van der Waals surface area contributed by atoms with Crippen molar-refractivity contribution in [3.8, 4) is 5.75 Å². The molecule has 0 N–H and O–H groups in total. The maximum Gasteiger partial charge on any atom is 0.253 e. The lowest BCUT2D eigenvalue weighted by Gasteiger charge is -2.50. The van der Waals surface area contributed by atoms with Crippen molar-refractivity contribution in [2.24, 2.45) is 0 Å². The van der Waals surface area contributed by atoms with Gasteiger partial charge in [0.05, 0.1) is 13.2 Å². The topological polar surface area (TPSA) is 36.0 Å². The number of carbonyl (C=O) groups excluding carboxylic acids is 1. The Labute approximate surface area is 233 Å². The Balaban J connectivity index is 1.35. The molecular formula is C34H41N3O2. The summed E-state index contributed by atoms with van der Waals surface area (Å²) < 4.78 is 5.66. The Morgan fingerprint density at radius 3 is 2.08 bits per heavy atom. The first-order valence-electron chi connectivity index (χ1n) is 14.7. The predicted molar refractivity (Wildman–Crippen MR) is 156 cm³/mol. The van der Waals surface area contributed by atoms with Crippen LogP contribution in [-0.2, 0) is 6.54 Å². The molecule has 4 bridgehead atoms. The van der Waals surface area contributed by atoms with Crippen molar-refractivity contribution in [1.82, 2.24) is 14.7 Å². The Kier molecular flexibility index (Phi) is 7.46. The molecule has 3 heterocycles. The molecule has 0 spiro atoms. The van der Waals surface area contributed by atoms with Gasteiger partial charge in [-0.3, -0.25) is 14.6 Å². The monoisotopic (exact) mass is 523 g/mol. The number of carbonyl (C=O) groups is 1. The fourth-order valence-corrected chi connectivity index (χ4v) is 7.68. The number of rotatable bonds is 9. The zero-order valence-corrected chi connectivity index (χ0v) is 23.5. The van der Waals surface area contributed by atoms with Crippen molar-refractivity contribution in [3.05, 3.63) is 101 Å². The van der Waals surface area contributed by atoms with Crippen LogP contribution in [0.5, 0.6) is 5.75 Å². The highest BCUT2D eigenvalue weighted by Crippen LogP contribution is 2.51. The molecule has 0 aromatic heterocycles. The molecule has 5 nitrogen and oxygen atoms in total. The zero-order chi connectivity index (χ0) is 26.9. The summed E-state index contributed by atoms with van der Waals surface area (Å²) in [6.07, 6.45) is 5.04. The molecule has 5 atom stereocenters. The minimum atomic E-state index is 0.108. The maximum absolute atomic E-state index is 13.0. The summed E-state index contributed by atoms with van der Waals surface area (Å²) >= 11 is 0. The van der Waals surface area contributed by atoms with Gasteiger partial charge in [-0.2, -0.15) is 0 Å². The van der Waals surface area contributed by atoms with Crippen LogP contribution < -0.4 is 4.74 Å². The molecule has 3 aliphatic heterocycles. The molecule has 1 amide bonds. The summed E-state index contributed by atoms with van der Waals surface area (Å²) in [6, 6.07) is 30.4. The van der Waals surface area contributed by atoms with Gasteiger partial charge in [0.1, 0.15) is 5.75 Å². The standard InChI is InChI=1S/C34H41N3O2/c1-4-35(5-2)34(38)26-16-14-25(15-17-26)33(27-12-9-13-28(22-27)39-3)37-31-20-21-32(37)30-19-18-29(31)36(30)23-24-10-7-6-8-11-24/h6-17,22,29-33H,4-5,18-21,23H2,1-3H3. The van der Waals surface area contributed by atoms with E-state index in [2.05, 4.69) is 70.5 Å². The van der Waals surface area contributed by atoms with Gasteiger partial charge in [-0.05, 0) is 80.5 Å². The summed E-state index contributed by atoms with van der Waals surface area (Å²) in [6.45, 7) is 6.57. The average Bonchev–Trinajstić information content (AvgIpc) is 3.49. The van der Waals surface area contributed by atoms with Crippen LogP contribution in [0.2, 0.25) is 0 Å². The Bertz CT molecular complexity index is 1250. The molecule has 3 aromatic rings. The highest BCUT2D eigenvalue weighted by molar-refractivity contribution is 5.94. The SMILES string of the molecule is CCN(CC)C(=O)c1ccc(C(c2cccc(OC)c2)N2C3CCC2C2CCC3N2Cc2ccccc2)cc1. The number of ether oxygens (including phenoxy) is 1. The molecule has 5 heteroatoms. The fraction of sp³-hybridized carbons (Fsp3) is 0.441. The highest BCUT2D eigenvalue weighted by Gasteiger charge is 2.56. The van der Waals surface area contributed by atoms with Crippen LogP contribution >= 0.6 is 0 Å². The first kappa shape index (κ1) is 26.1. The van der Waals surface area contributed by atoms with Gasteiger partial charge in [-0.15, -0.1) is 0 Å². The number of methoxy groups -OCH3 is 1. The van der Waals surface area contributed by atoms with Gasteiger partial charge in [0.2, 0.25) is 0 Å². The highest BCUT2D eigenvalue weighted by atomic mass is 16.5. The van der Waals surface area contributed by atoms with Crippen LogP contribution in [-0.4, -0.2) is 65.0 Å². The third kappa shape index (κ3) is 4.76. The second-order valence-corrected chi connectivity index (χ2v) is 11.3. The van der Waals surface area contributed by atoms with Gasteiger partial charge in [-0.1, -0.05) is 54.6 Å². The third-order valence-corrected chi connectivity index (χ3v) is 9.46. The predicted octanol–water partition coefficient (Wildman–Crippen LogP) is 6.15. The molecular weight excluding hydrogens is 482 g/mol. The van der Waals surface area contributed by atoms with Crippen molar-refractivity contribution >= 4 is 5.91 Å². The van der Waals surface area contributed by atoms with E-state index < -0.39 is 0 Å². The largest absolute Gasteiger partial charge is 0.497 e. The van der Waals surface area contributed by atoms with E-state index in [-0.39, 0.29) is 11.9 Å². The van der Waals surface area contributed by atoms with Crippen molar-refractivity contribution in [3.63, 3.8) is 0 Å². The van der Waals surface area contributed by atoms with E-state index in [9.17, 15) is 4.79 Å². The molecule has 3 fully saturated rings. The number of amides is 1. The fourth-order valence-electron chi connectivity index (χ4n) is 7.68. The lowest BCUT2D eigenvalue weighted by molar-refractivity contribution is -0.0140. The molecule has 0 radical (unpaired) electrons. The Hall–Kier alpha value is -3.15. The van der Waals surface area contributed by atoms with Crippen molar-refractivity contribution in [2.45, 2.75) is 76.3 Å². The smallest absolute Gasteiger partial charge is 0.253 e. The summed E-state index contributed by atoms with van der Waals surface area (Å²) in [7, 11) is 1.74. The maximum atomic E-state index is 13.0. The number of hydrogen-bond acceptors (Lipinski definition) is 4. The van der Waals surface area contributed by atoms with E-state index in [1.54, 1.807) is 7.11 Å². The third-order valence-electron chi connectivity index (χ3n) is 9.46. The minimum absolute atomic E-state index is 0.108. The van der Waals surface area contributed by atoms with Crippen LogP contribution in [0.4, 0.5) is 0 Å². The molecule has 3 saturated heterocycles. The number of nitrogens with zero attached hydrogens (tertiary/aromatic N) is 3. The van der Waals surface area contributed by atoms with E-state index in [0.29, 0.717) is 24.2 Å². The number of benzene rings is 3. The van der Waals surface area contributed by atoms with E-state index in [0.717, 1.165) is 30.9 Å². The van der Waals surface area contributed by atoms with Gasteiger partial charge in [0.25, 0.3) is 5.91 Å². The molecule has 3 aromatic carbocycles. The molecule has 204 valence electrons. The number of piperazine rings is 1. The first-order chi connectivity index (χ1) is 19.1. The van der Waals surface area contributed by atoms with E-state index in [1.807, 2.05) is 36.9 Å². The molecule has 0 aliphatic carbocycles. The number of fused-ring (bicyclic) bond motifs is 6. The average molecular weight is 524 g/mol. The molecule has 6 rings (SSSR count). The van der Waals surface area contributed by atoms with Gasteiger partial charge in [0, 0.05) is 49.4 Å². The molecule has 5 unspecified atom stereocenters. The van der Waals surface area contributed by atoms with Crippen LogP contribution in [0.3, 0.4) is 0 Å². The van der Waals surface area contributed by atoms with Gasteiger partial charge < -0.3 is 9.64 Å². The first-order valence-corrected chi connectivity index (χ1v) is 14.7. The van der Waals surface area contributed by atoms with E-state index in [1.165, 1.54) is 42.4 Å². The molecule has 39 heavy (non-hydrogen) atoms. The van der Waals surface area contributed by atoms with Crippen LogP contribution in [0.15, 0.2) is 78.9 Å². The van der Waals surface area contributed by atoms with Crippen molar-refractivity contribution < 1.29 is 9.53 Å². The summed E-state index contributed by atoms with van der Waals surface area (Å²) in [4.78, 5) is 20.6. The second-order valence-electron chi connectivity index (χ2n) is 11.3. The van der Waals surface area contributed by atoms with Crippen molar-refractivity contribution in [2.75, 3.05) is 20.2 Å². The van der Waals surface area contributed by atoms with Crippen LogP contribution in [0.25, 0.3) is 0 Å². The summed E-state index contributed by atoms with van der Waals surface area (Å²) in [5.41, 5.74) is 4.71. The van der Waals surface area contributed by atoms with Crippen LogP contribution in [0, 0.1) is 0 Å². The normalized spacial score (nSPS) is 25.0.